The molecule has 1 aromatic carbocycles. The van der Waals surface area contributed by atoms with Crippen molar-refractivity contribution >= 4 is 10.2 Å². The molecule has 0 spiro atoms. The maximum absolute atomic E-state index is 12.4. The number of hydrogen-bond acceptors (Lipinski definition) is 3. The molecule has 5 nitrogen and oxygen atoms in total. The van der Waals surface area contributed by atoms with E-state index >= 15 is 0 Å². The first kappa shape index (κ1) is 16.3. The van der Waals surface area contributed by atoms with Gasteiger partial charge in [0.2, 0.25) is 0 Å². The van der Waals surface area contributed by atoms with Crippen LogP contribution in [0.1, 0.15) is 24.8 Å². The maximum atomic E-state index is 12.4. The predicted molar refractivity (Wildman–Crippen MR) is 83.6 cm³/mol. The third kappa shape index (κ3) is 4.18. The number of likely N-dealkylation sites (N-methyl/N-ethyl adjacent to an activating group) is 1. The Bertz CT molecular complexity index is 554. The summed E-state index contributed by atoms with van der Waals surface area (Å²) in [5, 5.41) is 0. The first-order chi connectivity index (χ1) is 10.0. The molecule has 2 rings (SSSR count). The van der Waals surface area contributed by atoms with Crippen LogP contribution in [0.3, 0.4) is 0 Å². The third-order valence-corrected chi connectivity index (χ3v) is 5.78. The lowest BCUT2D eigenvalue weighted by Crippen LogP contribution is -2.45. The minimum atomic E-state index is -3.34. The summed E-state index contributed by atoms with van der Waals surface area (Å²) in [7, 11) is -1.72. The number of benzene rings is 1. The highest BCUT2D eigenvalue weighted by molar-refractivity contribution is 7.86. The summed E-state index contributed by atoms with van der Waals surface area (Å²) in [6.45, 7) is 3.95. The van der Waals surface area contributed by atoms with E-state index in [4.69, 9.17) is 4.74 Å². The van der Waals surface area contributed by atoms with Gasteiger partial charge in [0.15, 0.2) is 0 Å². The highest BCUT2D eigenvalue weighted by Gasteiger charge is 2.27. The summed E-state index contributed by atoms with van der Waals surface area (Å²) in [6, 6.07) is 7.74. The zero-order chi connectivity index (χ0) is 15.3. The molecular weight excluding hydrogens is 288 g/mol. The average Bonchev–Trinajstić information content (AvgIpc) is 2.50. The molecule has 1 aromatic rings. The van der Waals surface area contributed by atoms with Crippen molar-refractivity contribution in [3.05, 3.63) is 29.8 Å². The van der Waals surface area contributed by atoms with Crippen molar-refractivity contribution in [1.29, 1.82) is 0 Å². The van der Waals surface area contributed by atoms with Gasteiger partial charge in [-0.25, -0.2) is 0 Å². The molecular formula is C15H24N2O3S. The summed E-state index contributed by atoms with van der Waals surface area (Å²) in [5.74, 6) is 0.807. The quantitative estimate of drug-likeness (QED) is 0.807. The van der Waals surface area contributed by atoms with E-state index in [1.807, 2.05) is 31.2 Å². The summed E-state index contributed by atoms with van der Waals surface area (Å²) < 4.78 is 33.4. The molecule has 21 heavy (non-hydrogen) atoms. The van der Waals surface area contributed by atoms with Gasteiger partial charge in [-0.05, 0) is 31.4 Å². The molecule has 0 unspecified atom stereocenters. The molecule has 0 aromatic heterocycles. The summed E-state index contributed by atoms with van der Waals surface area (Å²) >= 11 is 0. The molecule has 0 saturated carbocycles. The summed E-state index contributed by atoms with van der Waals surface area (Å²) in [6.07, 6.45) is 3.02. The molecule has 0 aliphatic carbocycles. The molecule has 0 bridgehead atoms. The molecule has 0 radical (unpaired) electrons. The lowest BCUT2D eigenvalue weighted by atomic mass is 10.2. The van der Waals surface area contributed by atoms with Gasteiger partial charge in [-0.15, -0.1) is 0 Å². The highest BCUT2D eigenvalue weighted by Crippen LogP contribution is 2.17. The predicted octanol–water partition coefficient (Wildman–Crippen LogP) is 2.04. The Kier molecular flexibility index (Phi) is 5.61. The minimum Gasteiger partial charge on any atom is -0.492 e. The van der Waals surface area contributed by atoms with E-state index in [2.05, 4.69) is 0 Å². The van der Waals surface area contributed by atoms with E-state index in [0.717, 1.165) is 30.6 Å². The average molecular weight is 312 g/mol. The van der Waals surface area contributed by atoms with Crippen LogP contribution in [0, 0.1) is 6.92 Å². The Morgan fingerprint density at radius 1 is 1.19 bits per heavy atom. The molecule has 0 N–H and O–H groups in total. The van der Waals surface area contributed by atoms with Crippen LogP contribution in [0.25, 0.3) is 0 Å². The number of para-hydroxylation sites is 1. The minimum absolute atomic E-state index is 0.354. The van der Waals surface area contributed by atoms with Gasteiger partial charge in [-0.3, -0.25) is 0 Å². The van der Waals surface area contributed by atoms with Crippen molar-refractivity contribution < 1.29 is 13.2 Å². The van der Waals surface area contributed by atoms with E-state index in [1.54, 1.807) is 11.4 Å². The Hall–Kier alpha value is -1.11. The normalized spacial score (nSPS) is 17.1. The standard InChI is InChI=1S/C15H24N2O3S/c1-14-8-4-5-9-15(14)20-13-12-16(2)21(18,19)17-10-6-3-7-11-17/h4-5,8-9H,3,6-7,10-13H2,1-2H3. The monoisotopic (exact) mass is 312 g/mol. The molecule has 1 heterocycles. The van der Waals surface area contributed by atoms with Crippen LogP contribution in [0.4, 0.5) is 0 Å². The van der Waals surface area contributed by atoms with Gasteiger partial charge in [0.25, 0.3) is 10.2 Å². The van der Waals surface area contributed by atoms with Crippen LogP contribution < -0.4 is 4.74 Å². The molecule has 1 fully saturated rings. The first-order valence-corrected chi connectivity index (χ1v) is 8.81. The van der Waals surface area contributed by atoms with Crippen LogP contribution in [0.5, 0.6) is 5.75 Å². The van der Waals surface area contributed by atoms with Gasteiger partial charge in [0.05, 0.1) is 0 Å². The Morgan fingerprint density at radius 2 is 1.86 bits per heavy atom. The van der Waals surface area contributed by atoms with Gasteiger partial charge >= 0.3 is 0 Å². The van der Waals surface area contributed by atoms with E-state index in [1.165, 1.54) is 4.31 Å². The number of nitrogens with zero attached hydrogens (tertiary/aromatic N) is 2. The first-order valence-electron chi connectivity index (χ1n) is 7.41. The number of hydrogen-bond donors (Lipinski definition) is 0. The molecule has 0 atom stereocenters. The Morgan fingerprint density at radius 3 is 2.52 bits per heavy atom. The smallest absolute Gasteiger partial charge is 0.281 e. The number of rotatable bonds is 6. The largest absolute Gasteiger partial charge is 0.492 e. The van der Waals surface area contributed by atoms with Gasteiger partial charge in [0.1, 0.15) is 12.4 Å². The Balaban J connectivity index is 1.86. The zero-order valence-corrected chi connectivity index (χ0v) is 13.6. The van der Waals surface area contributed by atoms with E-state index < -0.39 is 10.2 Å². The van der Waals surface area contributed by atoms with Gasteiger partial charge < -0.3 is 4.74 Å². The van der Waals surface area contributed by atoms with E-state index in [0.29, 0.717) is 26.2 Å². The fraction of sp³-hybridized carbons (Fsp3) is 0.600. The fourth-order valence-electron chi connectivity index (χ4n) is 2.41. The SMILES string of the molecule is Cc1ccccc1OCCN(C)S(=O)(=O)N1CCCCC1. The molecule has 1 aliphatic heterocycles. The second-order valence-corrected chi connectivity index (χ2v) is 7.44. The molecule has 118 valence electrons. The second-order valence-electron chi connectivity index (χ2n) is 5.40. The lowest BCUT2D eigenvalue weighted by Gasteiger charge is -2.30. The molecule has 1 aliphatic rings. The highest BCUT2D eigenvalue weighted by atomic mass is 32.2. The van der Waals surface area contributed by atoms with E-state index in [-0.39, 0.29) is 0 Å². The maximum Gasteiger partial charge on any atom is 0.281 e. The van der Waals surface area contributed by atoms with Crippen molar-refractivity contribution in [3.8, 4) is 5.75 Å². The van der Waals surface area contributed by atoms with Crippen molar-refractivity contribution in [3.63, 3.8) is 0 Å². The van der Waals surface area contributed by atoms with Crippen LogP contribution in [0.15, 0.2) is 24.3 Å². The number of piperidine rings is 1. The summed E-state index contributed by atoms with van der Waals surface area (Å²) in [5.41, 5.74) is 1.05. The molecule has 0 amide bonds. The molecule has 1 saturated heterocycles. The van der Waals surface area contributed by atoms with Crippen molar-refractivity contribution in [1.82, 2.24) is 8.61 Å². The van der Waals surface area contributed by atoms with Crippen LogP contribution in [0.2, 0.25) is 0 Å². The van der Waals surface area contributed by atoms with Crippen molar-refractivity contribution in [2.75, 3.05) is 33.3 Å². The zero-order valence-electron chi connectivity index (χ0n) is 12.8. The molecule has 6 heteroatoms. The van der Waals surface area contributed by atoms with Crippen molar-refractivity contribution in [2.45, 2.75) is 26.2 Å². The second kappa shape index (κ2) is 7.24. The van der Waals surface area contributed by atoms with E-state index in [9.17, 15) is 8.42 Å². The van der Waals surface area contributed by atoms with Gasteiger partial charge in [-0.2, -0.15) is 17.0 Å². The third-order valence-electron chi connectivity index (χ3n) is 3.79. The Labute approximate surface area is 127 Å². The van der Waals surface area contributed by atoms with Crippen LogP contribution in [-0.2, 0) is 10.2 Å². The lowest BCUT2D eigenvalue weighted by molar-refractivity contribution is 0.267. The summed E-state index contributed by atoms with van der Waals surface area (Å²) in [4.78, 5) is 0. The topological polar surface area (TPSA) is 49.9 Å². The number of ether oxygens (including phenoxy) is 1. The van der Waals surface area contributed by atoms with Gasteiger partial charge in [-0.1, -0.05) is 24.6 Å². The van der Waals surface area contributed by atoms with Crippen LogP contribution in [-0.4, -0.2) is 50.3 Å². The van der Waals surface area contributed by atoms with Crippen molar-refractivity contribution in [2.24, 2.45) is 0 Å². The van der Waals surface area contributed by atoms with Gasteiger partial charge in [0, 0.05) is 26.7 Å². The fourth-order valence-corrected chi connectivity index (χ4v) is 3.83. The van der Waals surface area contributed by atoms with Crippen LogP contribution >= 0.6 is 0 Å². The number of aryl methyl sites for hydroxylation is 1.